The number of nitrogens with two attached hydrogens (primary N) is 1. The molecule has 0 aromatic heterocycles. The van der Waals surface area contributed by atoms with Crippen LogP contribution in [0.4, 0.5) is 0 Å². The van der Waals surface area contributed by atoms with Gasteiger partial charge in [0.1, 0.15) is 5.75 Å². The fourth-order valence-electron chi connectivity index (χ4n) is 2.87. The van der Waals surface area contributed by atoms with Gasteiger partial charge in [0.25, 0.3) is 5.91 Å². The summed E-state index contributed by atoms with van der Waals surface area (Å²) in [5.41, 5.74) is 6.89. The number of nitrogens with zero attached hydrogens (tertiary/aromatic N) is 1. The Bertz CT molecular complexity index is 476. The molecule has 0 radical (unpaired) electrons. The van der Waals surface area contributed by atoms with Crippen molar-refractivity contribution in [2.75, 3.05) is 19.7 Å². The first-order chi connectivity index (χ1) is 10.2. The van der Waals surface area contributed by atoms with E-state index >= 15 is 0 Å². The van der Waals surface area contributed by atoms with E-state index in [1.54, 1.807) is 0 Å². The second-order valence-corrected chi connectivity index (χ2v) is 5.75. The van der Waals surface area contributed by atoms with Gasteiger partial charge in [-0.3, -0.25) is 4.79 Å². The highest BCUT2D eigenvalue weighted by molar-refractivity contribution is 5.78. The highest BCUT2D eigenvalue weighted by atomic mass is 16.5. The lowest BCUT2D eigenvalue weighted by Crippen LogP contribution is -2.42. The first-order valence-electron chi connectivity index (χ1n) is 7.88. The third-order valence-electron chi connectivity index (χ3n) is 4.38. The van der Waals surface area contributed by atoms with Crippen molar-refractivity contribution in [2.24, 2.45) is 5.73 Å². The van der Waals surface area contributed by atoms with Crippen LogP contribution in [0, 0.1) is 0 Å². The molecule has 0 aliphatic carbocycles. The average molecular weight is 290 g/mol. The Morgan fingerprint density at radius 2 is 2.24 bits per heavy atom. The van der Waals surface area contributed by atoms with Crippen LogP contribution in [0.5, 0.6) is 5.75 Å². The van der Waals surface area contributed by atoms with Gasteiger partial charge in [0.2, 0.25) is 0 Å². The highest BCUT2D eigenvalue weighted by Crippen LogP contribution is 2.28. The molecule has 2 unspecified atom stereocenters. The molecule has 1 aliphatic rings. The predicted octanol–water partition coefficient (Wildman–Crippen LogP) is 2.53. The number of benzene rings is 1. The first kappa shape index (κ1) is 15.8. The third kappa shape index (κ3) is 3.76. The zero-order valence-electron chi connectivity index (χ0n) is 13.0. The number of likely N-dealkylation sites (tertiary alicyclic amines) is 1. The van der Waals surface area contributed by atoms with Gasteiger partial charge in [-0.1, -0.05) is 32.0 Å². The summed E-state index contributed by atoms with van der Waals surface area (Å²) in [6, 6.07) is 8.17. The summed E-state index contributed by atoms with van der Waals surface area (Å²) in [6.07, 6.45) is 3.10. The van der Waals surface area contributed by atoms with Crippen LogP contribution >= 0.6 is 0 Å². The highest BCUT2D eigenvalue weighted by Gasteiger charge is 2.27. The molecule has 1 fully saturated rings. The molecule has 0 spiro atoms. The molecule has 0 saturated carbocycles. The lowest BCUT2D eigenvalue weighted by molar-refractivity contribution is -0.134. The molecule has 4 heteroatoms. The van der Waals surface area contributed by atoms with Crippen LogP contribution in [-0.4, -0.2) is 36.5 Å². The van der Waals surface area contributed by atoms with Crippen molar-refractivity contribution in [3.05, 3.63) is 29.8 Å². The van der Waals surface area contributed by atoms with Gasteiger partial charge in [0.15, 0.2) is 6.61 Å². The molecule has 2 N–H and O–H groups in total. The van der Waals surface area contributed by atoms with Gasteiger partial charge in [-0.25, -0.2) is 0 Å². The third-order valence-corrected chi connectivity index (χ3v) is 4.38. The van der Waals surface area contributed by atoms with Crippen LogP contribution in [0.2, 0.25) is 0 Å². The van der Waals surface area contributed by atoms with E-state index in [1.807, 2.05) is 23.1 Å². The van der Waals surface area contributed by atoms with E-state index in [0.29, 0.717) is 12.5 Å². The summed E-state index contributed by atoms with van der Waals surface area (Å²) >= 11 is 0. The van der Waals surface area contributed by atoms with E-state index in [1.165, 1.54) is 5.56 Å². The normalized spacial score (nSPS) is 19.6. The van der Waals surface area contributed by atoms with Crippen molar-refractivity contribution in [2.45, 2.75) is 45.1 Å². The van der Waals surface area contributed by atoms with Crippen molar-refractivity contribution in [1.29, 1.82) is 0 Å². The molecule has 1 heterocycles. The van der Waals surface area contributed by atoms with Gasteiger partial charge >= 0.3 is 0 Å². The molecular formula is C17H26N2O2. The zero-order valence-corrected chi connectivity index (χ0v) is 13.0. The molecule has 116 valence electrons. The van der Waals surface area contributed by atoms with Crippen LogP contribution < -0.4 is 10.5 Å². The predicted molar refractivity (Wildman–Crippen MR) is 84.4 cm³/mol. The smallest absolute Gasteiger partial charge is 0.260 e. The van der Waals surface area contributed by atoms with E-state index in [0.717, 1.165) is 31.6 Å². The van der Waals surface area contributed by atoms with Gasteiger partial charge in [0.05, 0.1) is 0 Å². The van der Waals surface area contributed by atoms with Crippen LogP contribution in [0.3, 0.4) is 0 Å². The van der Waals surface area contributed by atoms with Gasteiger partial charge in [-0.05, 0) is 36.8 Å². The maximum absolute atomic E-state index is 12.3. The fourth-order valence-corrected chi connectivity index (χ4v) is 2.87. The molecule has 2 atom stereocenters. The van der Waals surface area contributed by atoms with Crippen LogP contribution in [0.15, 0.2) is 24.3 Å². The summed E-state index contributed by atoms with van der Waals surface area (Å²) in [7, 11) is 0. The number of carbonyl (C=O) groups excluding carboxylic acids is 1. The van der Waals surface area contributed by atoms with Crippen molar-refractivity contribution >= 4 is 5.91 Å². The van der Waals surface area contributed by atoms with Crippen LogP contribution in [-0.2, 0) is 4.79 Å². The lowest BCUT2D eigenvalue weighted by Gasteiger charge is -2.24. The summed E-state index contributed by atoms with van der Waals surface area (Å²) in [4.78, 5) is 14.2. The molecule has 21 heavy (non-hydrogen) atoms. The SMILES string of the molecule is CCC(C)c1ccccc1OCC(=O)N1CCCC1CN. The zero-order chi connectivity index (χ0) is 15.2. The number of carbonyl (C=O) groups is 1. The van der Waals surface area contributed by atoms with Crippen molar-refractivity contribution in [1.82, 2.24) is 4.90 Å². The van der Waals surface area contributed by atoms with Gasteiger partial charge in [0, 0.05) is 19.1 Å². The van der Waals surface area contributed by atoms with E-state index in [9.17, 15) is 4.79 Å². The minimum absolute atomic E-state index is 0.0434. The average Bonchev–Trinajstić information content (AvgIpc) is 3.00. The van der Waals surface area contributed by atoms with Crippen LogP contribution in [0.25, 0.3) is 0 Å². The molecule has 0 bridgehead atoms. The van der Waals surface area contributed by atoms with Gasteiger partial charge in [-0.2, -0.15) is 0 Å². The molecule has 1 saturated heterocycles. The number of amides is 1. The Morgan fingerprint density at radius 3 is 2.95 bits per heavy atom. The molecule has 2 rings (SSSR count). The Kier molecular flexibility index (Phi) is 5.62. The summed E-state index contributed by atoms with van der Waals surface area (Å²) in [6.45, 7) is 5.77. The number of ether oxygens (including phenoxy) is 1. The lowest BCUT2D eigenvalue weighted by atomic mass is 9.98. The molecule has 1 aliphatic heterocycles. The second kappa shape index (κ2) is 7.46. The summed E-state index contributed by atoms with van der Waals surface area (Å²) in [5, 5.41) is 0. The van der Waals surface area contributed by atoms with Gasteiger partial charge in [-0.15, -0.1) is 0 Å². The molecule has 1 aromatic carbocycles. The van der Waals surface area contributed by atoms with Gasteiger partial charge < -0.3 is 15.4 Å². The second-order valence-electron chi connectivity index (χ2n) is 5.75. The molecule has 1 amide bonds. The molecule has 4 nitrogen and oxygen atoms in total. The quantitative estimate of drug-likeness (QED) is 0.876. The van der Waals surface area contributed by atoms with Crippen molar-refractivity contribution in [3.8, 4) is 5.75 Å². The van der Waals surface area contributed by atoms with E-state index in [-0.39, 0.29) is 18.6 Å². The Morgan fingerprint density at radius 1 is 1.48 bits per heavy atom. The Hall–Kier alpha value is -1.55. The Balaban J connectivity index is 1.98. The fraction of sp³-hybridized carbons (Fsp3) is 0.588. The first-order valence-corrected chi connectivity index (χ1v) is 7.88. The Labute approximate surface area is 127 Å². The van der Waals surface area contributed by atoms with E-state index < -0.39 is 0 Å². The largest absolute Gasteiger partial charge is 0.483 e. The molecule has 1 aromatic rings. The summed E-state index contributed by atoms with van der Waals surface area (Å²) < 4.78 is 5.80. The summed E-state index contributed by atoms with van der Waals surface area (Å²) in [5.74, 6) is 1.30. The minimum atomic E-state index is 0.0434. The monoisotopic (exact) mass is 290 g/mol. The van der Waals surface area contributed by atoms with Crippen molar-refractivity contribution in [3.63, 3.8) is 0 Å². The molecular weight excluding hydrogens is 264 g/mol. The van der Waals surface area contributed by atoms with E-state index in [2.05, 4.69) is 19.9 Å². The van der Waals surface area contributed by atoms with Crippen molar-refractivity contribution < 1.29 is 9.53 Å². The number of hydrogen-bond donors (Lipinski definition) is 1. The van der Waals surface area contributed by atoms with Crippen LogP contribution in [0.1, 0.15) is 44.6 Å². The maximum atomic E-state index is 12.3. The maximum Gasteiger partial charge on any atom is 0.260 e. The number of para-hydroxylation sites is 1. The number of hydrogen-bond acceptors (Lipinski definition) is 3. The topological polar surface area (TPSA) is 55.6 Å². The minimum Gasteiger partial charge on any atom is -0.483 e. The number of rotatable bonds is 6. The standard InChI is InChI=1S/C17H26N2O2/c1-3-13(2)15-8-4-5-9-16(15)21-12-17(20)19-10-6-7-14(19)11-18/h4-5,8-9,13-14H,3,6-7,10-12,18H2,1-2H3. The van der Waals surface area contributed by atoms with E-state index in [4.69, 9.17) is 10.5 Å².